The monoisotopic (exact) mass is 285 g/mol. The van der Waals surface area contributed by atoms with Crippen molar-refractivity contribution in [3.63, 3.8) is 0 Å². The molecule has 0 atom stereocenters. The summed E-state index contributed by atoms with van der Waals surface area (Å²) < 4.78 is 31.5. The lowest BCUT2D eigenvalue weighted by atomic mass is 10.4. The van der Waals surface area contributed by atoms with Gasteiger partial charge in [-0.2, -0.15) is 4.31 Å². The normalized spacial score (nSPS) is 17.3. The number of morpholine rings is 1. The Labute approximate surface area is 113 Å². The summed E-state index contributed by atoms with van der Waals surface area (Å²) in [6.07, 6.45) is 2.48. The van der Waals surface area contributed by atoms with Gasteiger partial charge in [0.2, 0.25) is 10.0 Å². The van der Waals surface area contributed by atoms with Gasteiger partial charge in [-0.1, -0.05) is 6.92 Å². The maximum absolute atomic E-state index is 12.4. The molecule has 0 aromatic carbocycles. The van der Waals surface area contributed by atoms with Crippen LogP contribution in [0.2, 0.25) is 0 Å². The van der Waals surface area contributed by atoms with Crippen LogP contribution < -0.4 is 5.32 Å². The van der Waals surface area contributed by atoms with E-state index in [0.717, 1.165) is 13.0 Å². The van der Waals surface area contributed by atoms with E-state index in [2.05, 4.69) is 10.3 Å². The Balaban J connectivity index is 2.19. The summed E-state index contributed by atoms with van der Waals surface area (Å²) in [5.41, 5.74) is 0. The van der Waals surface area contributed by atoms with Crippen LogP contribution in [0.1, 0.15) is 13.3 Å². The average Bonchev–Trinajstić information content (AvgIpc) is 2.46. The molecule has 1 N–H and O–H groups in total. The topological polar surface area (TPSA) is 71.5 Å². The van der Waals surface area contributed by atoms with Gasteiger partial charge in [-0.15, -0.1) is 0 Å². The fourth-order valence-electron chi connectivity index (χ4n) is 1.86. The summed E-state index contributed by atoms with van der Waals surface area (Å²) in [5, 5.41) is 3.09. The largest absolute Gasteiger partial charge is 0.379 e. The van der Waals surface area contributed by atoms with Gasteiger partial charge in [-0.3, -0.25) is 0 Å². The Morgan fingerprint density at radius 2 is 2.16 bits per heavy atom. The summed E-state index contributed by atoms with van der Waals surface area (Å²) in [4.78, 5) is 4.40. The second-order valence-electron chi connectivity index (χ2n) is 4.32. The standard InChI is InChI=1S/C12H19N3O3S/c1-2-4-13-12-10-11(3-5-14-12)19(16,17)15-6-8-18-9-7-15/h3,5,10H,2,4,6-9H2,1H3,(H,13,14). The molecule has 0 amide bonds. The first-order valence-electron chi connectivity index (χ1n) is 6.42. The minimum Gasteiger partial charge on any atom is -0.379 e. The van der Waals surface area contributed by atoms with E-state index < -0.39 is 10.0 Å². The minimum absolute atomic E-state index is 0.281. The lowest BCUT2D eigenvalue weighted by Gasteiger charge is -2.26. The molecule has 0 spiro atoms. The van der Waals surface area contributed by atoms with Crippen LogP contribution in [0.5, 0.6) is 0 Å². The van der Waals surface area contributed by atoms with Crippen molar-refractivity contribution in [2.75, 3.05) is 38.2 Å². The van der Waals surface area contributed by atoms with Crippen LogP contribution in [-0.2, 0) is 14.8 Å². The van der Waals surface area contributed by atoms with Gasteiger partial charge in [0.1, 0.15) is 5.82 Å². The maximum Gasteiger partial charge on any atom is 0.243 e. The van der Waals surface area contributed by atoms with Crippen LogP contribution in [0.4, 0.5) is 5.82 Å². The van der Waals surface area contributed by atoms with Crippen LogP contribution in [0, 0.1) is 0 Å². The number of hydrogen-bond donors (Lipinski definition) is 1. The van der Waals surface area contributed by atoms with E-state index in [1.54, 1.807) is 6.07 Å². The van der Waals surface area contributed by atoms with Crippen molar-refractivity contribution in [2.45, 2.75) is 18.2 Å². The first-order chi connectivity index (χ1) is 9.14. The highest BCUT2D eigenvalue weighted by molar-refractivity contribution is 7.89. The van der Waals surface area contributed by atoms with Crippen LogP contribution in [0.25, 0.3) is 0 Å². The molecule has 0 radical (unpaired) electrons. The summed E-state index contributed by atoms with van der Waals surface area (Å²) >= 11 is 0. The van der Waals surface area contributed by atoms with Gasteiger partial charge < -0.3 is 10.1 Å². The number of pyridine rings is 1. The first kappa shape index (κ1) is 14.2. The highest BCUT2D eigenvalue weighted by Crippen LogP contribution is 2.18. The summed E-state index contributed by atoms with van der Waals surface area (Å²) in [6.45, 7) is 4.52. The molecule has 0 saturated carbocycles. The van der Waals surface area contributed by atoms with Crippen molar-refractivity contribution in [3.8, 4) is 0 Å². The van der Waals surface area contributed by atoms with Gasteiger partial charge in [-0.05, 0) is 12.5 Å². The molecule has 7 heteroatoms. The van der Waals surface area contributed by atoms with Crippen molar-refractivity contribution in [1.29, 1.82) is 0 Å². The molecular formula is C12H19N3O3S. The van der Waals surface area contributed by atoms with E-state index in [4.69, 9.17) is 4.74 Å². The zero-order valence-corrected chi connectivity index (χ0v) is 11.8. The number of nitrogens with zero attached hydrogens (tertiary/aromatic N) is 2. The number of anilines is 1. The van der Waals surface area contributed by atoms with Crippen LogP contribution >= 0.6 is 0 Å². The molecule has 1 aromatic heterocycles. The Bertz CT molecular complexity index is 513. The third-order valence-electron chi connectivity index (χ3n) is 2.90. The second-order valence-corrected chi connectivity index (χ2v) is 6.26. The highest BCUT2D eigenvalue weighted by Gasteiger charge is 2.26. The van der Waals surface area contributed by atoms with Gasteiger partial charge >= 0.3 is 0 Å². The number of rotatable bonds is 5. The average molecular weight is 285 g/mol. The van der Waals surface area contributed by atoms with E-state index in [9.17, 15) is 8.42 Å². The predicted molar refractivity (Wildman–Crippen MR) is 72.6 cm³/mol. The Kier molecular flexibility index (Phi) is 4.73. The highest BCUT2D eigenvalue weighted by atomic mass is 32.2. The predicted octanol–water partition coefficient (Wildman–Crippen LogP) is 0.924. The lowest BCUT2D eigenvalue weighted by Crippen LogP contribution is -2.40. The molecule has 1 aliphatic heterocycles. The molecule has 2 heterocycles. The number of ether oxygens (including phenoxy) is 1. The van der Waals surface area contributed by atoms with Gasteiger partial charge in [0.25, 0.3) is 0 Å². The van der Waals surface area contributed by atoms with Crippen molar-refractivity contribution in [2.24, 2.45) is 0 Å². The minimum atomic E-state index is -3.44. The number of nitrogens with one attached hydrogen (secondary N) is 1. The Hall–Kier alpha value is -1.18. The van der Waals surface area contributed by atoms with Gasteiger partial charge in [-0.25, -0.2) is 13.4 Å². The summed E-state index contributed by atoms with van der Waals surface area (Å²) in [5.74, 6) is 0.594. The quantitative estimate of drug-likeness (QED) is 0.871. The van der Waals surface area contributed by atoms with E-state index >= 15 is 0 Å². The maximum atomic E-state index is 12.4. The van der Waals surface area contributed by atoms with E-state index in [1.165, 1.54) is 16.6 Å². The van der Waals surface area contributed by atoms with Gasteiger partial charge in [0.15, 0.2) is 0 Å². The van der Waals surface area contributed by atoms with Crippen molar-refractivity contribution >= 4 is 15.8 Å². The smallest absolute Gasteiger partial charge is 0.243 e. The van der Waals surface area contributed by atoms with Crippen molar-refractivity contribution in [3.05, 3.63) is 18.3 Å². The molecular weight excluding hydrogens is 266 g/mol. The molecule has 106 valence electrons. The van der Waals surface area contributed by atoms with Crippen LogP contribution in [-0.4, -0.2) is 50.6 Å². The summed E-state index contributed by atoms with van der Waals surface area (Å²) in [6, 6.07) is 3.11. The number of sulfonamides is 1. The molecule has 0 aliphatic carbocycles. The fraction of sp³-hybridized carbons (Fsp3) is 0.583. The SMILES string of the molecule is CCCNc1cc(S(=O)(=O)N2CCOCC2)ccn1. The molecule has 6 nitrogen and oxygen atoms in total. The Morgan fingerprint density at radius 3 is 2.84 bits per heavy atom. The zero-order valence-electron chi connectivity index (χ0n) is 11.0. The van der Waals surface area contributed by atoms with E-state index in [0.29, 0.717) is 32.1 Å². The Morgan fingerprint density at radius 1 is 1.42 bits per heavy atom. The fourth-order valence-corrected chi connectivity index (χ4v) is 3.28. The first-order valence-corrected chi connectivity index (χ1v) is 7.86. The molecule has 19 heavy (non-hydrogen) atoms. The van der Waals surface area contributed by atoms with Crippen molar-refractivity contribution < 1.29 is 13.2 Å². The van der Waals surface area contributed by atoms with Crippen LogP contribution in [0.3, 0.4) is 0 Å². The van der Waals surface area contributed by atoms with Gasteiger partial charge in [0.05, 0.1) is 18.1 Å². The molecule has 1 fully saturated rings. The molecule has 2 rings (SSSR count). The molecule has 1 saturated heterocycles. The number of hydrogen-bond acceptors (Lipinski definition) is 5. The molecule has 0 bridgehead atoms. The number of aromatic nitrogens is 1. The molecule has 1 aromatic rings. The third kappa shape index (κ3) is 3.43. The molecule has 0 unspecified atom stereocenters. The van der Waals surface area contributed by atoms with Gasteiger partial charge in [0, 0.05) is 31.9 Å². The van der Waals surface area contributed by atoms with Crippen molar-refractivity contribution in [1.82, 2.24) is 9.29 Å². The molecule has 1 aliphatic rings. The zero-order chi connectivity index (χ0) is 13.7. The summed E-state index contributed by atoms with van der Waals surface area (Å²) in [7, 11) is -3.44. The second kappa shape index (κ2) is 6.31. The van der Waals surface area contributed by atoms with E-state index in [1.807, 2.05) is 6.92 Å². The third-order valence-corrected chi connectivity index (χ3v) is 4.79. The van der Waals surface area contributed by atoms with Crippen LogP contribution in [0.15, 0.2) is 23.2 Å². The lowest BCUT2D eigenvalue weighted by molar-refractivity contribution is 0.0730. The van der Waals surface area contributed by atoms with E-state index in [-0.39, 0.29) is 4.90 Å².